The van der Waals surface area contributed by atoms with Gasteiger partial charge < -0.3 is 39.6 Å². The van der Waals surface area contributed by atoms with Gasteiger partial charge in [0.05, 0.1) is 23.9 Å². The zero-order valence-electron chi connectivity index (χ0n) is 11.3. The molecule has 120 valence electrons. The molecule has 0 aliphatic carbocycles. The van der Waals surface area contributed by atoms with Crippen LogP contribution in [0.25, 0.3) is 0 Å². The molecule has 1 atom stereocenters. The number of carboxylic acid groups (broad SMARTS) is 4. The molecule has 0 N–H and O–H groups in total. The zero-order valence-corrected chi connectivity index (χ0v) is 11.3. The summed E-state index contributed by atoms with van der Waals surface area (Å²) in [6.07, 6.45) is 0. The van der Waals surface area contributed by atoms with Gasteiger partial charge in [0.15, 0.2) is 0 Å². The molecule has 10 heteroatoms. The topological polar surface area (TPSA) is 167 Å². The monoisotopic (exact) mass is 302 g/mol. The second kappa shape index (κ2) is 8.87. The molecule has 0 aromatic carbocycles. The molecule has 0 aromatic heterocycles. The van der Waals surface area contributed by atoms with Crippen molar-refractivity contribution in [3.05, 3.63) is 0 Å². The fourth-order valence-corrected chi connectivity index (χ4v) is 1.74. The number of rotatable bonds is 11. The third-order valence-corrected chi connectivity index (χ3v) is 2.52. The molecule has 21 heavy (non-hydrogen) atoms. The number of hydrogen-bond acceptors (Lipinski definition) is 10. The van der Waals surface area contributed by atoms with Crippen molar-refractivity contribution >= 4 is 23.9 Å². The predicted molar refractivity (Wildman–Crippen MR) is 57.5 cm³/mol. The molecule has 0 fully saturated rings. The van der Waals surface area contributed by atoms with E-state index < -0.39 is 56.1 Å². The zero-order chi connectivity index (χ0) is 16.6. The Morgan fingerprint density at radius 3 is 1.38 bits per heavy atom. The lowest BCUT2D eigenvalue weighted by Crippen LogP contribution is -2.53. The van der Waals surface area contributed by atoms with Crippen LogP contribution in [0, 0.1) is 0 Å². The molecule has 0 rings (SSSR count). The number of nitrogens with zero attached hydrogens (tertiary/aromatic N) is 2. The predicted octanol–water partition coefficient (Wildman–Crippen LogP) is -7.02. The van der Waals surface area contributed by atoms with E-state index in [-0.39, 0.29) is 6.54 Å². The largest absolute Gasteiger partial charge is 0.549 e. The van der Waals surface area contributed by atoms with E-state index in [1.807, 2.05) is 0 Å². The second-order valence-electron chi connectivity index (χ2n) is 4.41. The maximum Gasteiger partial charge on any atom is 0.0555 e. The Bertz CT molecular complexity index is 379. The Hall–Kier alpha value is -2.20. The lowest BCUT2D eigenvalue weighted by molar-refractivity contribution is -0.314. The Kier molecular flexibility index (Phi) is 7.94. The van der Waals surface area contributed by atoms with E-state index >= 15 is 0 Å². The van der Waals surface area contributed by atoms with Crippen molar-refractivity contribution in [1.82, 2.24) is 9.80 Å². The van der Waals surface area contributed by atoms with Gasteiger partial charge in [-0.15, -0.1) is 0 Å². The average Bonchev–Trinajstić information content (AvgIpc) is 2.24. The van der Waals surface area contributed by atoms with Crippen molar-refractivity contribution in [2.45, 2.75) is 13.0 Å². The molecule has 0 saturated carbocycles. The summed E-state index contributed by atoms with van der Waals surface area (Å²) in [7, 11) is 0. The van der Waals surface area contributed by atoms with Crippen molar-refractivity contribution < 1.29 is 39.6 Å². The molecule has 0 amide bonds. The third-order valence-electron chi connectivity index (χ3n) is 2.52. The molecule has 0 aliphatic rings. The molecule has 0 unspecified atom stereocenters. The first kappa shape index (κ1) is 18.8. The van der Waals surface area contributed by atoms with Gasteiger partial charge in [0.1, 0.15) is 0 Å². The van der Waals surface area contributed by atoms with Crippen molar-refractivity contribution in [1.29, 1.82) is 0 Å². The summed E-state index contributed by atoms with van der Waals surface area (Å²) in [5, 5.41) is 42.1. The van der Waals surface area contributed by atoms with Crippen LogP contribution in [-0.2, 0) is 19.2 Å². The van der Waals surface area contributed by atoms with E-state index in [0.29, 0.717) is 0 Å². The Balaban J connectivity index is 4.81. The first-order valence-electron chi connectivity index (χ1n) is 5.87. The van der Waals surface area contributed by atoms with Crippen molar-refractivity contribution in [3.8, 4) is 0 Å². The van der Waals surface area contributed by atoms with Crippen LogP contribution in [0.4, 0.5) is 0 Å². The first-order valence-corrected chi connectivity index (χ1v) is 5.87. The highest BCUT2D eigenvalue weighted by Gasteiger charge is 2.18. The normalized spacial score (nSPS) is 12.3. The number of carbonyl (C=O) groups excluding carboxylic acids is 4. The van der Waals surface area contributed by atoms with Gasteiger partial charge in [-0.2, -0.15) is 0 Å². The van der Waals surface area contributed by atoms with Crippen LogP contribution in [0.2, 0.25) is 0 Å². The van der Waals surface area contributed by atoms with Crippen LogP contribution < -0.4 is 20.4 Å². The molecule has 0 aliphatic heterocycles. The van der Waals surface area contributed by atoms with E-state index in [0.717, 1.165) is 9.80 Å². The SMILES string of the molecule is C[C@H](CN(CC(=O)[O-])CC(=O)[O-])N(CC(=O)[O-])CC(=O)[O-]. The molecule has 0 heterocycles. The van der Waals surface area contributed by atoms with Crippen LogP contribution >= 0.6 is 0 Å². The van der Waals surface area contributed by atoms with Crippen LogP contribution in [0.15, 0.2) is 0 Å². The van der Waals surface area contributed by atoms with Gasteiger partial charge in [-0.3, -0.25) is 9.80 Å². The van der Waals surface area contributed by atoms with Crippen LogP contribution in [-0.4, -0.2) is 72.4 Å². The van der Waals surface area contributed by atoms with E-state index in [1.54, 1.807) is 0 Å². The molecule has 0 spiro atoms. The standard InChI is InChI=1S/C11H18N2O8/c1-7(13(5-10(18)19)6-11(20)21)2-12(3-8(14)15)4-9(16)17/h7H,2-6H2,1H3,(H,14,15)(H,16,17)(H,18,19)(H,20,21)/p-4/t7-/m1/s1. The van der Waals surface area contributed by atoms with Crippen molar-refractivity contribution in [2.75, 3.05) is 32.7 Å². The number of hydrogen-bond donors (Lipinski definition) is 0. The Morgan fingerprint density at radius 1 is 0.762 bits per heavy atom. The average molecular weight is 302 g/mol. The first-order chi connectivity index (χ1) is 9.61. The molecule has 0 aromatic rings. The molecule has 10 nitrogen and oxygen atoms in total. The summed E-state index contributed by atoms with van der Waals surface area (Å²) < 4.78 is 0. The molecule has 0 radical (unpaired) electrons. The van der Waals surface area contributed by atoms with E-state index in [4.69, 9.17) is 0 Å². The minimum Gasteiger partial charge on any atom is -0.549 e. The quantitative estimate of drug-likeness (QED) is 0.357. The van der Waals surface area contributed by atoms with Crippen molar-refractivity contribution in [2.24, 2.45) is 0 Å². The maximum absolute atomic E-state index is 10.5. The molecular weight excluding hydrogens is 288 g/mol. The number of carbonyl (C=O) groups is 4. The van der Waals surface area contributed by atoms with Gasteiger partial charge >= 0.3 is 0 Å². The van der Waals surface area contributed by atoms with Crippen LogP contribution in [0.1, 0.15) is 6.92 Å². The highest BCUT2D eigenvalue weighted by Crippen LogP contribution is 2.02. The van der Waals surface area contributed by atoms with Gasteiger partial charge in [-0.1, -0.05) is 0 Å². The highest BCUT2D eigenvalue weighted by atomic mass is 16.4. The second-order valence-corrected chi connectivity index (χ2v) is 4.41. The number of carboxylic acids is 4. The smallest absolute Gasteiger partial charge is 0.0555 e. The van der Waals surface area contributed by atoms with Gasteiger partial charge in [-0.25, -0.2) is 0 Å². The third kappa shape index (κ3) is 9.35. The van der Waals surface area contributed by atoms with E-state index in [9.17, 15) is 39.6 Å². The Labute approximate surface area is 120 Å². The van der Waals surface area contributed by atoms with Gasteiger partial charge in [0.2, 0.25) is 0 Å². The summed E-state index contributed by atoms with van der Waals surface area (Å²) in [5.74, 6) is -6.13. The van der Waals surface area contributed by atoms with Gasteiger partial charge in [0.25, 0.3) is 0 Å². The molecular formula is C11H14N2O8-4. The summed E-state index contributed by atoms with van der Waals surface area (Å²) in [5.41, 5.74) is 0. The van der Waals surface area contributed by atoms with Gasteiger partial charge in [-0.05, 0) is 6.92 Å². The summed E-state index contributed by atoms with van der Waals surface area (Å²) in [4.78, 5) is 44.0. The summed E-state index contributed by atoms with van der Waals surface area (Å²) in [6, 6.07) is -0.778. The molecule has 0 saturated heterocycles. The highest BCUT2D eigenvalue weighted by molar-refractivity contribution is 5.71. The summed E-state index contributed by atoms with van der Waals surface area (Å²) in [6.45, 7) is -1.70. The van der Waals surface area contributed by atoms with Crippen molar-refractivity contribution in [3.63, 3.8) is 0 Å². The van der Waals surface area contributed by atoms with Gasteiger partial charge in [0, 0.05) is 38.8 Å². The van der Waals surface area contributed by atoms with E-state index in [1.165, 1.54) is 6.92 Å². The number of aliphatic carboxylic acids is 4. The lowest BCUT2D eigenvalue weighted by atomic mass is 10.2. The summed E-state index contributed by atoms with van der Waals surface area (Å²) >= 11 is 0. The fourth-order valence-electron chi connectivity index (χ4n) is 1.74. The minimum atomic E-state index is -1.53. The Morgan fingerprint density at radius 2 is 1.10 bits per heavy atom. The fraction of sp³-hybridized carbons (Fsp3) is 0.636. The maximum atomic E-state index is 10.5. The lowest BCUT2D eigenvalue weighted by Gasteiger charge is -2.34. The van der Waals surface area contributed by atoms with Crippen LogP contribution in [0.5, 0.6) is 0 Å². The van der Waals surface area contributed by atoms with E-state index in [2.05, 4.69) is 0 Å². The minimum absolute atomic E-state index is 0.220. The van der Waals surface area contributed by atoms with Crippen LogP contribution in [0.3, 0.4) is 0 Å². The molecule has 0 bridgehead atoms.